The summed E-state index contributed by atoms with van der Waals surface area (Å²) in [5, 5.41) is 3.45. The van der Waals surface area contributed by atoms with Gasteiger partial charge in [-0.15, -0.1) is 0 Å². The van der Waals surface area contributed by atoms with Gasteiger partial charge < -0.3 is 10.2 Å². The Labute approximate surface area is 164 Å². The molecule has 1 aliphatic carbocycles. The van der Waals surface area contributed by atoms with Gasteiger partial charge in [-0.2, -0.15) is 0 Å². The Hall–Kier alpha value is -2.33. The molecule has 1 aliphatic heterocycles. The molecule has 0 aromatic heterocycles. The molecule has 0 radical (unpaired) electrons. The maximum Gasteiger partial charge on any atom is 0.256 e. The van der Waals surface area contributed by atoms with E-state index < -0.39 is 0 Å². The number of nitrogens with zero attached hydrogens (tertiary/aromatic N) is 1. The molecule has 27 heavy (non-hydrogen) atoms. The summed E-state index contributed by atoms with van der Waals surface area (Å²) >= 11 is 6.11. The SMILES string of the molecule is O=C(CC1CCc2ccccc21)Nc1ccc(Cl)cc1C(=O)N1CCCC1. The van der Waals surface area contributed by atoms with Crippen LogP contribution in [0.2, 0.25) is 5.02 Å². The molecule has 4 rings (SSSR count). The van der Waals surface area contributed by atoms with Gasteiger partial charge in [0, 0.05) is 24.5 Å². The Morgan fingerprint density at radius 3 is 2.70 bits per heavy atom. The number of benzene rings is 2. The molecule has 1 heterocycles. The number of anilines is 1. The second-order valence-corrected chi connectivity index (χ2v) is 7.81. The van der Waals surface area contributed by atoms with Crippen molar-refractivity contribution in [3.05, 3.63) is 64.2 Å². The highest BCUT2D eigenvalue weighted by atomic mass is 35.5. The predicted molar refractivity (Wildman–Crippen MR) is 107 cm³/mol. The highest BCUT2D eigenvalue weighted by Crippen LogP contribution is 2.35. The van der Waals surface area contributed by atoms with Crippen molar-refractivity contribution in [3.63, 3.8) is 0 Å². The van der Waals surface area contributed by atoms with Gasteiger partial charge in [0.2, 0.25) is 5.91 Å². The Balaban J connectivity index is 1.49. The van der Waals surface area contributed by atoms with Crippen molar-refractivity contribution in [1.29, 1.82) is 0 Å². The van der Waals surface area contributed by atoms with Crippen molar-refractivity contribution >= 4 is 29.1 Å². The lowest BCUT2D eigenvalue weighted by atomic mass is 9.97. The first-order chi connectivity index (χ1) is 13.1. The molecule has 2 aliphatic rings. The Morgan fingerprint density at radius 1 is 1.11 bits per heavy atom. The van der Waals surface area contributed by atoms with E-state index in [-0.39, 0.29) is 17.7 Å². The molecule has 2 aromatic rings. The number of hydrogen-bond acceptors (Lipinski definition) is 2. The van der Waals surface area contributed by atoms with Crippen molar-refractivity contribution in [1.82, 2.24) is 4.90 Å². The van der Waals surface area contributed by atoms with Gasteiger partial charge in [0.25, 0.3) is 5.91 Å². The molecular weight excluding hydrogens is 360 g/mol. The van der Waals surface area contributed by atoms with E-state index in [0.717, 1.165) is 38.8 Å². The third-order valence-electron chi connectivity index (χ3n) is 5.57. The summed E-state index contributed by atoms with van der Waals surface area (Å²) in [6.45, 7) is 1.52. The maximum atomic E-state index is 12.8. The molecule has 1 saturated heterocycles. The van der Waals surface area contributed by atoms with Crippen LogP contribution in [0.15, 0.2) is 42.5 Å². The smallest absolute Gasteiger partial charge is 0.256 e. The normalized spacial score (nSPS) is 18.4. The quantitative estimate of drug-likeness (QED) is 0.837. The second kappa shape index (κ2) is 7.73. The lowest BCUT2D eigenvalue weighted by molar-refractivity contribution is -0.116. The largest absolute Gasteiger partial charge is 0.339 e. The van der Waals surface area contributed by atoms with Crippen molar-refractivity contribution in [2.24, 2.45) is 0 Å². The highest BCUT2D eigenvalue weighted by Gasteiger charge is 2.26. The summed E-state index contributed by atoms with van der Waals surface area (Å²) in [6.07, 6.45) is 4.49. The zero-order chi connectivity index (χ0) is 18.8. The fourth-order valence-electron chi connectivity index (χ4n) is 4.18. The summed E-state index contributed by atoms with van der Waals surface area (Å²) in [5.74, 6) is 0.122. The van der Waals surface area contributed by atoms with Crippen LogP contribution in [0.1, 0.15) is 53.1 Å². The number of amides is 2. The van der Waals surface area contributed by atoms with Crippen molar-refractivity contribution in [2.45, 2.75) is 38.0 Å². The average molecular weight is 383 g/mol. The Kier molecular flexibility index (Phi) is 5.17. The minimum absolute atomic E-state index is 0.0588. The third-order valence-corrected chi connectivity index (χ3v) is 5.80. The lowest BCUT2D eigenvalue weighted by Crippen LogP contribution is -2.29. The number of rotatable bonds is 4. The van der Waals surface area contributed by atoms with Crippen LogP contribution in [0, 0.1) is 0 Å². The zero-order valence-electron chi connectivity index (χ0n) is 15.2. The van der Waals surface area contributed by atoms with E-state index in [9.17, 15) is 9.59 Å². The van der Waals surface area contributed by atoms with E-state index in [4.69, 9.17) is 11.6 Å². The Morgan fingerprint density at radius 2 is 1.89 bits per heavy atom. The fourth-order valence-corrected chi connectivity index (χ4v) is 4.35. The van der Waals surface area contributed by atoms with Crippen LogP contribution in [0.3, 0.4) is 0 Å². The van der Waals surface area contributed by atoms with Gasteiger partial charge >= 0.3 is 0 Å². The standard InChI is InChI=1S/C22H23ClN2O2/c23-17-9-10-20(19(14-17)22(27)25-11-3-4-12-25)24-21(26)13-16-8-7-15-5-1-2-6-18(15)16/h1-2,5-6,9-10,14,16H,3-4,7-8,11-13H2,(H,24,26). The van der Waals surface area contributed by atoms with E-state index in [1.54, 1.807) is 18.2 Å². The van der Waals surface area contributed by atoms with Gasteiger partial charge in [-0.25, -0.2) is 0 Å². The first-order valence-corrected chi connectivity index (χ1v) is 9.96. The number of fused-ring (bicyclic) bond motifs is 1. The van der Waals surface area contributed by atoms with E-state index in [1.807, 2.05) is 17.0 Å². The Bertz CT molecular complexity index is 874. The number of likely N-dealkylation sites (tertiary alicyclic amines) is 1. The molecular formula is C22H23ClN2O2. The molecule has 0 spiro atoms. The summed E-state index contributed by atoms with van der Waals surface area (Å²) in [6, 6.07) is 13.4. The van der Waals surface area contributed by atoms with E-state index in [2.05, 4.69) is 17.4 Å². The van der Waals surface area contributed by atoms with Crippen LogP contribution in [0.4, 0.5) is 5.69 Å². The predicted octanol–water partition coefficient (Wildman–Crippen LogP) is 4.63. The van der Waals surface area contributed by atoms with Crippen molar-refractivity contribution in [3.8, 4) is 0 Å². The fraction of sp³-hybridized carbons (Fsp3) is 0.364. The maximum absolute atomic E-state index is 12.8. The molecule has 4 nitrogen and oxygen atoms in total. The van der Waals surface area contributed by atoms with Crippen LogP contribution >= 0.6 is 11.6 Å². The number of carbonyl (C=O) groups excluding carboxylic acids is 2. The molecule has 2 aromatic carbocycles. The monoisotopic (exact) mass is 382 g/mol. The van der Waals surface area contributed by atoms with E-state index in [0.29, 0.717) is 22.7 Å². The molecule has 2 amide bonds. The molecule has 5 heteroatoms. The minimum Gasteiger partial charge on any atom is -0.339 e. The number of halogens is 1. The molecule has 1 unspecified atom stereocenters. The second-order valence-electron chi connectivity index (χ2n) is 7.38. The molecule has 0 bridgehead atoms. The topological polar surface area (TPSA) is 49.4 Å². The number of carbonyl (C=O) groups is 2. The van der Waals surface area contributed by atoms with Gasteiger partial charge in [0.1, 0.15) is 0 Å². The molecule has 1 fully saturated rings. The van der Waals surface area contributed by atoms with E-state index >= 15 is 0 Å². The first-order valence-electron chi connectivity index (χ1n) is 9.58. The van der Waals surface area contributed by atoms with Gasteiger partial charge in [-0.3, -0.25) is 9.59 Å². The molecule has 1 atom stereocenters. The molecule has 1 N–H and O–H groups in total. The summed E-state index contributed by atoms with van der Waals surface area (Å²) in [7, 11) is 0. The summed E-state index contributed by atoms with van der Waals surface area (Å²) < 4.78 is 0. The first kappa shape index (κ1) is 18.1. The van der Waals surface area contributed by atoms with Crippen LogP contribution in [-0.4, -0.2) is 29.8 Å². The highest BCUT2D eigenvalue weighted by molar-refractivity contribution is 6.31. The minimum atomic E-state index is -0.0607. The summed E-state index contributed by atoms with van der Waals surface area (Å²) in [5.41, 5.74) is 3.64. The number of hydrogen-bond donors (Lipinski definition) is 1. The summed E-state index contributed by atoms with van der Waals surface area (Å²) in [4.78, 5) is 27.3. The zero-order valence-corrected chi connectivity index (χ0v) is 16.0. The molecule has 140 valence electrons. The third kappa shape index (κ3) is 3.86. The van der Waals surface area contributed by atoms with Gasteiger partial charge in [0.05, 0.1) is 11.3 Å². The van der Waals surface area contributed by atoms with Gasteiger partial charge in [0.15, 0.2) is 0 Å². The van der Waals surface area contributed by atoms with Crippen molar-refractivity contribution in [2.75, 3.05) is 18.4 Å². The number of aryl methyl sites for hydroxylation is 1. The average Bonchev–Trinajstić information content (AvgIpc) is 3.33. The van der Waals surface area contributed by atoms with Crippen LogP contribution in [0.5, 0.6) is 0 Å². The lowest BCUT2D eigenvalue weighted by Gasteiger charge is -2.19. The van der Waals surface area contributed by atoms with Crippen LogP contribution in [0.25, 0.3) is 0 Å². The van der Waals surface area contributed by atoms with Gasteiger partial charge in [-0.05, 0) is 60.9 Å². The van der Waals surface area contributed by atoms with Crippen LogP contribution in [-0.2, 0) is 11.2 Å². The van der Waals surface area contributed by atoms with Crippen LogP contribution < -0.4 is 5.32 Å². The van der Waals surface area contributed by atoms with E-state index in [1.165, 1.54) is 11.1 Å². The molecule has 0 saturated carbocycles. The van der Waals surface area contributed by atoms with Crippen molar-refractivity contribution < 1.29 is 9.59 Å². The van der Waals surface area contributed by atoms with Gasteiger partial charge in [-0.1, -0.05) is 35.9 Å². The number of nitrogens with one attached hydrogen (secondary N) is 1.